The van der Waals surface area contributed by atoms with Crippen LogP contribution in [-0.4, -0.2) is 14.8 Å². The topological polar surface area (TPSA) is 52.0 Å². The minimum absolute atomic E-state index is 0.324. The standard InChI is InChI=1S/C24H15BrCl2N4O/c25-14-7-5-13(6-8-14)23-20-21(17-3-1-2-4-19(17)32-23)30-24-28-12-29-31(24)22(20)16-10-9-15(26)11-18(16)27/h1-12,22-23H,(H,28,29,30)/t22-,23+/m1/s1. The number of fused-ring (bicyclic) bond motifs is 3. The van der Waals surface area contributed by atoms with Gasteiger partial charge < -0.3 is 10.1 Å². The summed E-state index contributed by atoms with van der Waals surface area (Å²) in [4.78, 5) is 4.44. The highest BCUT2D eigenvalue weighted by Gasteiger charge is 2.41. The Morgan fingerprint density at radius 1 is 1.00 bits per heavy atom. The molecular weight excluding hydrogens is 511 g/mol. The van der Waals surface area contributed by atoms with Crippen LogP contribution in [0.25, 0.3) is 5.70 Å². The maximum Gasteiger partial charge on any atom is 0.226 e. The summed E-state index contributed by atoms with van der Waals surface area (Å²) in [6.07, 6.45) is 1.19. The smallest absolute Gasteiger partial charge is 0.226 e. The average Bonchev–Trinajstić information content (AvgIpc) is 3.27. The lowest BCUT2D eigenvalue weighted by Gasteiger charge is -2.39. The van der Waals surface area contributed by atoms with E-state index in [0.29, 0.717) is 16.0 Å². The van der Waals surface area contributed by atoms with Gasteiger partial charge in [0.2, 0.25) is 5.95 Å². The van der Waals surface area contributed by atoms with Gasteiger partial charge in [-0.25, -0.2) is 4.68 Å². The summed E-state index contributed by atoms with van der Waals surface area (Å²) in [7, 11) is 0. The molecule has 0 fully saturated rings. The van der Waals surface area contributed by atoms with E-state index in [1.54, 1.807) is 12.4 Å². The molecule has 5 nitrogen and oxygen atoms in total. The zero-order valence-electron chi connectivity index (χ0n) is 16.5. The van der Waals surface area contributed by atoms with Crippen molar-refractivity contribution < 1.29 is 4.74 Å². The molecule has 0 bridgehead atoms. The van der Waals surface area contributed by atoms with Gasteiger partial charge in [-0.3, -0.25) is 0 Å². The summed E-state index contributed by atoms with van der Waals surface area (Å²) in [5.41, 5.74) is 4.84. The van der Waals surface area contributed by atoms with E-state index in [1.807, 2.05) is 53.2 Å². The van der Waals surface area contributed by atoms with Crippen molar-refractivity contribution in [3.8, 4) is 5.75 Å². The van der Waals surface area contributed by atoms with E-state index in [-0.39, 0.29) is 12.1 Å². The first-order valence-corrected chi connectivity index (χ1v) is 11.5. The van der Waals surface area contributed by atoms with E-state index in [1.165, 1.54) is 0 Å². The lowest BCUT2D eigenvalue weighted by Crippen LogP contribution is -2.32. The average molecular weight is 526 g/mol. The molecule has 3 aromatic carbocycles. The Morgan fingerprint density at radius 2 is 1.81 bits per heavy atom. The summed E-state index contributed by atoms with van der Waals surface area (Å²) in [5, 5.41) is 9.15. The van der Waals surface area contributed by atoms with Gasteiger partial charge in [-0.05, 0) is 47.5 Å². The molecule has 0 radical (unpaired) electrons. The number of halogens is 3. The third-order valence-corrected chi connectivity index (χ3v) is 6.84. The number of nitrogens with one attached hydrogen (secondary N) is 1. The molecule has 2 atom stereocenters. The molecule has 32 heavy (non-hydrogen) atoms. The van der Waals surface area contributed by atoms with Crippen molar-refractivity contribution in [1.29, 1.82) is 0 Å². The lowest BCUT2D eigenvalue weighted by molar-refractivity contribution is 0.223. The Bertz CT molecular complexity index is 1380. The van der Waals surface area contributed by atoms with Gasteiger partial charge in [0.1, 0.15) is 24.2 Å². The van der Waals surface area contributed by atoms with Crippen LogP contribution in [-0.2, 0) is 0 Å². The fourth-order valence-corrected chi connectivity index (χ4v) is 5.13. The van der Waals surface area contributed by atoms with Crippen LogP contribution in [0.1, 0.15) is 28.8 Å². The second kappa shape index (κ2) is 7.66. The molecule has 0 spiro atoms. The number of nitrogens with zero attached hydrogens (tertiary/aromatic N) is 3. The maximum absolute atomic E-state index is 6.71. The predicted octanol–water partition coefficient (Wildman–Crippen LogP) is 6.91. The van der Waals surface area contributed by atoms with Crippen LogP contribution < -0.4 is 10.1 Å². The molecule has 0 amide bonds. The van der Waals surface area contributed by atoms with Crippen molar-refractivity contribution >= 4 is 50.8 Å². The van der Waals surface area contributed by atoms with Gasteiger partial charge in [-0.15, -0.1) is 0 Å². The molecular formula is C24H15BrCl2N4O. The number of ether oxygens (including phenoxy) is 1. The molecule has 0 saturated heterocycles. The Kier molecular flexibility index (Phi) is 4.75. The second-order valence-electron chi connectivity index (χ2n) is 7.60. The van der Waals surface area contributed by atoms with Crippen LogP contribution in [0.3, 0.4) is 0 Å². The Labute approximate surface area is 202 Å². The minimum Gasteiger partial charge on any atom is -0.480 e. The Balaban J connectivity index is 1.64. The second-order valence-corrected chi connectivity index (χ2v) is 9.36. The molecule has 0 saturated carbocycles. The van der Waals surface area contributed by atoms with Crippen molar-refractivity contribution in [3.63, 3.8) is 0 Å². The predicted molar refractivity (Wildman–Crippen MR) is 129 cm³/mol. The van der Waals surface area contributed by atoms with Crippen LogP contribution >= 0.6 is 39.1 Å². The third kappa shape index (κ3) is 3.13. The molecule has 158 valence electrons. The maximum atomic E-state index is 6.71. The highest BCUT2D eigenvalue weighted by Crippen LogP contribution is 2.51. The molecule has 1 N–H and O–H groups in total. The van der Waals surface area contributed by atoms with Crippen molar-refractivity contribution in [2.75, 3.05) is 5.32 Å². The molecule has 1 aromatic heterocycles. The molecule has 2 aliphatic heterocycles. The van der Waals surface area contributed by atoms with Crippen LogP contribution in [0.4, 0.5) is 5.95 Å². The number of benzene rings is 3. The van der Waals surface area contributed by atoms with E-state index in [0.717, 1.165) is 38.2 Å². The normalized spacial score (nSPS) is 18.8. The van der Waals surface area contributed by atoms with Gasteiger partial charge in [-0.2, -0.15) is 10.1 Å². The summed E-state index contributed by atoms with van der Waals surface area (Å²) < 4.78 is 9.44. The van der Waals surface area contributed by atoms with E-state index in [2.05, 4.69) is 43.5 Å². The van der Waals surface area contributed by atoms with E-state index >= 15 is 0 Å². The van der Waals surface area contributed by atoms with E-state index < -0.39 is 0 Å². The zero-order chi connectivity index (χ0) is 21.8. The van der Waals surface area contributed by atoms with Crippen LogP contribution in [0, 0.1) is 0 Å². The molecule has 3 heterocycles. The molecule has 2 aliphatic rings. The Hall–Kier alpha value is -2.80. The molecule has 4 aromatic rings. The number of hydrogen-bond donors (Lipinski definition) is 1. The van der Waals surface area contributed by atoms with Crippen molar-refractivity contribution in [1.82, 2.24) is 14.8 Å². The van der Waals surface area contributed by atoms with Crippen LogP contribution in [0.2, 0.25) is 10.0 Å². The summed E-state index contributed by atoms with van der Waals surface area (Å²) in [5.74, 6) is 1.45. The fourth-order valence-electron chi connectivity index (χ4n) is 4.35. The molecule has 6 rings (SSSR count). The fraction of sp³-hybridized carbons (Fsp3) is 0.0833. The molecule has 0 aliphatic carbocycles. The van der Waals surface area contributed by atoms with Gasteiger partial charge >= 0.3 is 0 Å². The largest absolute Gasteiger partial charge is 0.480 e. The highest BCUT2D eigenvalue weighted by atomic mass is 79.9. The molecule has 8 heteroatoms. The first kappa shape index (κ1) is 19.9. The van der Waals surface area contributed by atoms with Crippen molar-refractivity contribution in [2.24, 2.45) is 0 Å². The minimum atomic E-state index is -0.352. The summed E-state index contributed by atoms with van der Waals surface area (Å²) >= 11 is 16.4. The van der Waals surface area contributed by atoms with E-state index in [4.69, 9.17) is 27.9 Å². The van der Waals surface area contributed by atoms with E-state index in [9.17, 15) is 0 Å². The molecule has 0 unspecified atom stereocenters. The number of para-hydroxylation sites is 1. The monoisotopic (exact) mass is 524 g/mol. The van der Waals surface area contributed by atoms with Crippen LogP contribution in [0.5, 0.6) is 5.75 Å². The first-order chi connectivity index (χ1) is 15.6. The van der Waals surface area contributed by atoms with Gasteiger partial charge in [0.25, 0.3) is 0 Å². The number of rotatable bonds is 2. The van der Waals surface area contributed by atoms with Crippen molar-refractivity contribution in [2.45, 2.75) is 12.1 Å². The SMILES string of the molecule is Clc1ccc([C@@H]2C3=C(Nc4ncnn42)c2ccccc2O[C@H]3c2ccc(Br)cc2)c(Cl)c1. The zero-order valence-corrected chi connectivity index (χ0v) is 19.6. The van der Waals surface area contributed by atoms with Gasteiger partial charge in [0.15, 0.2) is 0 Å². The first-order valence-electron chi connectivity index (χ1n) is 9.97. The number of hydrogen-bond acceptors (Lipinski definition) is 4. The van der Waals surface area contributed by atoms with Crippen molar-refractivity contribution in [3.05, 3.63) is 110 Å². The quantitative estimate of drug-likeness (QED) is 0.309. The summed E-state index contributed by atoms with van der Waals surface area (Å²) in [6, 6.07) is 21.4. The van der Waals surface area contributed by atoms with Gasteiger partial charge in [-0.1, -0.05) is 69.5 Å². The highest BCUT2D eigenvalue weighted by molar-refractivity contribution is 9.10. The Morgan fingerprint density at radius 3 is 2.62 bits per heavy atom. The van der Waals surface area contributed by atoms with Gasteiger partial charge in [0.05, 0.1) is 5.70 Å². The third-order valence-electron chi connectivity index (χ3n) is 5.75. The van der Waals surface area contributed by atoms with Crippen LogP contribution in [0.15, 0.2) is 83.1 Å². The lowest BCUT2D eigenvalue weighted by atomic mass is 9.84. The van der Waals surface area contributed by atoms with Gasteiger partial charge in [0, 0.05) is 25.7 Å². The summed E-state index contributed by atoms with van der Waals surface area (Å²) in [6.45, 7) is 0. The number of aromatic nitrogens is 3. The number of anilines is 1.